The second-order valence-electron chi connectivity index (χ2n) is 3.85. The van der Waals surface area contributed by atoms with Crippen LogP contribution in [-0.4, -0.2) is 0 Å². The van der Waals surface area contributed by atoms with Crippen molar-refractivity contribution in [2.45, 2.75) is 11.7 Å². The molecule has 0 fully saturated rings. The summed E-state index contributed by atoms with van der Waals surface area (Å²) in [6, 6.07) is 19.8. The zero-order chi connectivity index (χ0) is 11.4. The summed E-state index contributed by atoms with van der Waals surface area (Å²) in [6.07, 6.45) is 0. The third-order valence-electron chi connectivity index (χ3n) is 2.82. The normalized spacial score (nSPS) is 11.1. The van der Waals surface area contributed by atoms with E-state index in [-0.39, 0.29) is 0 Å². The van der Waals surface area contributed by atoms with Crippen LogP contribution in [0.1, 0.15) is 18.1 Å². The second kappa shape index (κ2) is 4.54. The maximum absolute atomic E-state index is 11.5. The Morgan fingerprint density at radius 2 is 1.19 bits per heavy atom. The van der Waals surface area contributed by atoms with Gasteiger partial charge in [0.25, 0.3) is 4.75 Å². The standard InChI is InChI=1S/C14H13OS/c1-14(16-15,12-8-4-2-5-9-12)13-10-6-3-7-11-13/h2-11H,1H3/q+1. The van der Waals surface area contributed by atoms with Crippen LogP contribution >= 0.6 is 0 Å². The van der Waals surface area contributed by atoms with Crippen LogP contribution in [-0.2, 0) is 20.6 Å². The summed E-state index contributed by atoms with van der Waals surface area (Å²) in [4.78, 5) is 0. The number of hydrogen-bond donors (Lipinski definition) is 0. The van der Waals surface area contributed by atoms with Crippen LogP contribution < -0.4 is 0 Å². The highest BCUT2D eigenvalue weighted by molar-refractivity contribution is 7.67. The van der Waals surface area contributed by atoms with Crippen molar-refractivity contribution >= 4 is 11.7 Å². The molecule has 80 valence electrons. The summed E-state index contributed by atoms with van der Waals surface area (Å²) in [5.74, 6) is 0. The Hall–Kier alpha value is -1.54. The van der Waals surface area contributed by atoms with E-state index in [1.807, 2.05) is 67.6 Å². The van der Waals surface area contributed by atoms with E-state index in [4.69, 9.17) is 0 Å². The van der Waals surface area contributed by atoms with Gasteiger partial charge >= 0.3 is 11.7 Å². The van der Waals surface area contributed by atoms with Gasteiger partial charge in [-0.15, -0.1) is 0 Å². The van der Waals surface area contributed by atoms with E-state index in [1.54, 1.807) is 0 Å². The van der Waals surface area contributed by atoms with Crippen molar-refractivity contribution < 1.29 is 4.21 Å². The van der Waals surface area contributed by atoms with E-state index in [0.717, 1.165) is 11.1 Å². The van der Waals surface area contributed by atoms with Gasteiger partial charge in [0.05, 0.1) is 0 Å². The highest BCUT2D eigenvalue weighted by Crippen LogP contribution is 2.31. The molecule has 2 aromatic rings. The molecule has 0 bridgehead atoms. The molecule has 2 aromatic carbocycles. The molecule has 0 saturated carbocycles. The van der Waals surface area contributed by atoms with Crippen molar-refractivity contribution in [1.29, 1.82) is 0 Å². The maximum Gasteiger partial charge on any atom is 0.475 e. The largest absolute Gasteiger partial charge is 0.475 e. The van der Waals surface area contributed by atoms with Gasteiger partial charge in [-0.25, -0.2) is 0 Å². The van der Waals surface area contributed by atoms with E-state index in [9.17, 15) is 4.21 Å². The number of hydrogen-bond acceptors (Lipinski definition) is 1. The van der Waals surface area contributed by atoms with Gasteiger partial charge in [-0.3, -0.25) is 0 Å². The average molecular weight is 229 g/mol. The lowest BCUT2D eigenvalue weighted by Gasteiger charge is -2.12. The molecule has 0 atom stereocenters. The highest BCUT2D eigenvalue weighted by Gasteiger charge is 2.42. The summed E-state index contributed by atoms with van der Waals surface area (Å²) in [5, 5.41) is 0. The number of benzene rings is 2. The minimum atomic E-state index is -0.511. The Morgan fingerprint density at radius 3 is 1.50 bits per heavy atom. The molecular weight excluding hydrogens is 216 g/mol. The van der Waals surface area contributed by atoms with E-state index in [1.165, 1.54) is 0 Å². The SMILES string of the molecule is CC([S+]=O)(c1ccccc1)c1ccccc1. The molecule has 0 N–H and O–H groups in total. The fourth-order valence-electron chi connectivity index (χ4n) is 1.78. The summed E-state index contributed by atoms with van der Waals surface area (Å²) in [7, 11) is 0. The van der Waals surface area contributed by atoms with Crippen molar-refractivity contribution in [3.63, 3.8) is 0 Å². The molecule has 0 amide bonds. The number of rotatable bonds is 3. The molecule has 0 heterocycles. The predicted molar refractivity (Wildman–Crippen MR) is 67.4 cm³/mol. The Labute approximate surface area is 99.6 Å². The minimum absolute atomic E-state index is 0.511. The van der Waals surface area contributed by atoms with Crippen LogP contribution in [0.15, 0.2) is 60.7 Å². The highest BCUT2D eigenvalue weighted by atomic mass is 32.1. The van der Waals surface area contributed by atoms with Gasteiger partial charge in [0.15, 0.2) is 0 Å². The lowest BCUT2D eigenvalue weighted by Crippen LogP contribution is -2.21. The van der Waals surface area contributed by atoms with Gasteiger partial charge in [-0.1, -0.05) is 60.7 Å². The first-order valence-corrected chi connectivity index (χ1v) is 5.93. The molecule has 0 aromatic heterocycles. The Balaban J connectivity index is 2.53. The molecule has 2 heteroatoms. The second-order valence-corrected chi connectivity index (χ2v) is 4.83. The van der Waals surface area contributed by atoms with E-state index in [2.05, 4.69) is 0 Å². The van der Waals surface area contributed by atoms with Gasteiger partial charge in [0.2, 0.25) is 0 Å². The lowest BCUT2D eigenvalue weighted by molar-refractivity contribution is 0.590. The van der Waals surface area contributed by atoms with Gasteiger partial charge < -0.3 is 0 Å². The van der Waals surface area contributed by atoms with Gasteiger partial charge in [0.1, 0.15) is 0 Å². The summed E-state index contributed by atoms with van der Waals surface area (Å²) < 4.78 is 11.0. The molecule has 1 nitrogen and oxygen atoms in total. The zero-order valence-corrected chi connectivity index (χ0v) is 9.91. The van der Waals surface area contributed by atoms with Gasteiger partial charge in [-0.05, 0) is 0 Å². The molecule has 0 radical (unpaired) electrons. The first-order valence-electron chi connectivity index (χ1n) is 5.19. The topological polar surface area (TPSA) is 17.1 Å². The fraction of sp³-hybridized carbons (Fsp3) is 0.143. The van der Waals surface area contributed by atoms with Crippen LogP contribution in [0.25, 0.3) is 0 Å². The molecule has 0 unspecified atom stereocenters. The molecule has 2 rings (SSSR count). The van der Waals surface area contributed by atoms with Crippen LogP contribution in [0, 0.1) is 0 Å². The van der Waals surface area contributed by atoms with Crippen molar-refractivity contribution in [3.05, 3.63) is 71.8 Å². The monoisotopic (exact) mass is 229 g/mol. The van der Waals surface area contributed by atoms with E-state index < -0.39 is 4.75 Å². The van der Waals surface area contributed by atoms with Crippen LogP contribution in [0.5, 0.6) is 0 Å². The third-order valence-corrected chi connectivity index (χ3v) is 3.62. The first kappa shape index (κ1) is 11.0. The van der Waals surface area contributed by atoms with Crippen molar-refractivity contribution in [2.24, 2.45) is 0 Å². The molecule has 0 aliphatic heterocycles. The summed E-state index contributed by atoms with van der Waals surface area (Å²) in [6.45, 7) is 1.97. The Kier molecular flexibility index (Phi) is 3.11. The molecular formula is C14H13OS+. The van der Waals surface area contributed by atoms with Gasteiger partial charge in [0, 0.05) is 22.3 Å². The van der Waals surface area contributed by atoms with Crippen molar-refractivity contribution in [1.82, 2.24) is 0 Å². The lowest BCUT2D eigenvalue weighted by atomic mass is 9.92. The minimum Gasteiger partial charge on any atom is -0.0622 e. The van der Waals surface area contributed by atoms with Crippen molar-refractivity contribution in [2.75, 3.05) is 0 Å². The molecule has 16 heavy (non-hydrogen) atoms. The summed E-state index contributed by atoms with van der Waals surface area (Å²) >= 11 is 0.628. The van der Waals surface area contributed by atoms with Crippen LogP contribution in [0.2, 0.25) is 0 Å². The first-order chi connectivity index (χ1) is 7.77. The molecule has 0 aliphatic carbocycles. The van der Waals surface area contributed by atoms with E-state index in [0.29, 0.717) is 11.7 Å². The predicted octanol–water partition coefficient (Wildman–Crippen LogP) is 3.38. The average Bonchev–Trinajstić information content (AvgIpc) is 2.40. The molecule has 0 aliphatic rings. The van der Waals surface area contributed by atoms with E-state index >= 15 is 0 Å². The molecule has 0 saturated heterocycles. The van der Waals surface area contributed by atoms with Crippen molar-refractivity contribution in [3.8, 4) is 0 Å². The van der Waals surface area contributed by atoms with Gasteiger partial charge in [-0.2, -0.15) is 0 Å². The Morgan fingerprint density at radius 1 is 0.812 bits per heavy atom. The maximum atomic E-state index is 11.5. The zero-order valence-electron chi connectivity index (χ0n) is 9.09. The fourth-order valence-corrected chi connectivity index (χ4v) is 2.24. The van der Waals surface area contributed by atoms with Crippen LogP contribution in [0.4, 0.5) is 0 Å². The quantitative estimate of drug-likeness (QED) is 0.737. The third kappa shape index (κ3) is 1.89. The Bertz CT molecular complexity index is 425. The summed E-state index contributed by atoms with van der Waals surface area (Å²) in [5.41, 5.74) is 2.09. The smallest absolute Gasteiger partial charge is 0.0622 e. The van der Waals surface area contributed by atoms with Crippen LogP contribution in [0.3, 0.4) is 0 Å². The molecule has 0 spiro atoms.